The van der Waals surface area contributed by atoms with Crippen molar-refractivity contribution in [2.45, 2.75) is 37.1 Å². The average Bonchev–Trinajstić information content (AvgIpc) is 2.99. The fourth-order valence-corrected chi connectivity index (χ4v) is 4.59. The number of aryl methyl sites for hydroxylation is 2. The molecule has 0 atom stereocenters. The molecule has 0 unspecified atom stereocenters. The van der Waals surface area contributed by atoms with Crippen LogP contribution in [0.4, 0.5) is 0 Å². The van der Waals surface area contributed by atoms with E-state index >= 15 is 0 Å². The van der Waals surface area contributed by atoms with Crippen molar-refractivity contribution in [2.24, 2.45) is 0 Å². The summed E-state index contributed by atoms with van der Waals surface area (Å²) >= 11 is 1.47. The summed E-state index contributed by atoms with van der Waals surface area (Å²) in [6.45, 7) is 0.317. The van der Waals surface area contributed by atoms with Crippen LogP contribution in [0.2, 0.25) is 0 Å². The van der Waals surface area contributed by atoms with Crippen molar-refractivity contribution in [3.63, 3.8) is 0 Å². The maximum absolute atomic E-state index is 12.6. The average molecular weight is 322 g/mol. The molecule has 0 fully saturated rings. The smallest absolute Gasteiger partial charge is 0.243 e. The van der Waals surface area contributed by atoms with Gasteiger partial charge in [0.15, 0.2) is 0 Å². The lowest BCUT2D eigenvalue weighted by Crippen LogP contribution is -2.26. The minimum Gasteiger partial charge on any atom is -0.248 e. The maximum atomic E-state index is 12.6. The third kappa shape index (κ3) is 3.02. The number of fused-ring (bicyclic) bond motifs is 1. The van der Waals surface area contributed by atoms with Gasteiger partial charge in [-0.25, -0.2) is 13.4 Å². The second-order valence-corrected chi connectivity index (χ2v) is 8.35. The predicted molar refractivity (Wildman–Crippen MR) is 83.9 cm³/mol. The molecule has 0 saturated heterocycles. The van der Waals surface area contributed by atoms with Gasteiger partial charge in [-0.15, -0.1) is 11.3 Å². The molecule has 0 bridgehead atoms. The van der Waals surface area contributed by atoms with Crippen molar-refractivity contribution >= 4 is 21.4 Å². The van der Waals surface area contributed by atoms with Crippen molar-refractivity contribution in [1.29, 1.82) is 0 Å². The zero-order valence-electron chi connectivity index (χ0n) is 11.9. The quantitative estimate of drug-likeness (QED) is 0.870. The number of nitrogens with zero attached hydrogens (tertiary/aromatic N) is 2. The van der Waals surface area contributed by atoms with E-state index in [9.17, 15) is 8.42 Å². The highest BCUT2D eigenvalue weighted by atomic mass is 32.2. The van der Waals surface area contributed by atoms with Crippen molar-refractivity contribution in [3.8, 4) is 0 Å². The first-order valence-electron chi connectivity index (χ1n) is 7.04. The van der Waals surface area contributed by atoms with Gasteiger partial charge in [-0.2, -0.15) is 4.31 Å². The molecule has 21 heavy (non-hydrogen) atoms. The van der Waals surface area contributed by atoms with Crippen LogP contribution in [0.1, 0.15) is 29.0 Å². The Bertz CT molecular complexity index is 724. The second kappa shape index (κ2) is 5.87. The largest absolute Gasteiger partial charge is 0.248 e. The predicted octanol–water partition coefficient (Wildman–Crippen LogP) is 2.84. The first-order valence-corrected chi connectivity index (χ1v) is 9.36. The Morgan fingerprint density at radius 3 is 2.71 bits per heavy atom. The fraction of sp³-hybridized carbons (Fsp3) is 0.400. The van der Waals surface area contributed by atoms with Crippen molar-refractivity contribution in [3.05, 3.63) is 45.9 Å². The third-order valence-electron chi connectivity index (χ3n) is 3.87. The molecule has 0 amide bonds. The molecule has 1 aromatic carbocycles. The molecule has 1 aliphatic carbocycles. The molecule has 3 rings (SSSR count). The summed E-state index contributed by atoms with van der Waals surface area (Å²) in [6.07, 6.45) is 6.08. The van der Waals surface area contributed by atoms with Crippen LogP contribution in [0.5, 0.6) is 0 Å². The molecule has 1 aromatic heterocycles. The summed E-state index contributed by atoms with van der Waals surface area (Å²) in [5, 5.41) is 2.66. The van der Waals surface area contributed by atoms with Gasteiger partial charge in [0.2, 0.25) is 10.0 Å². The summed E-state index contributed by atoms with van der Waals surface area (Å²) in [7, 11) is -1.84. The van der Waals surface area contributed by atoms with Crippen LogP contribution >= 0.6 is 11.3 Å². The lowest BCUT2D eigenvalue weighted by atomic mass is 9.92. The number of rotatable bonds is 4. The molecular weight excluding hydrogens is 304 g/mol. The first-order chi connectivity index (χ1) is 10.1. The van der Waals surface area contributed by atoms with Crippen LogP contribution < -0.4 is 0 Å². The molecule has 2 aromatic rings. The van der Waals surface area contributed by atoms with Gasteiger partial charge in [0.05, 0.1) is 11.4 Å². The van der Waals surface area contributed by atoms with E-state index in [1.807, 2.05) is 17.5 Å². The van der Waals surface area contributed by atoms with E-state index in [1.54, 1.807) is 19.3 Å². The van der Waals surface area contributed by atoms with E-state index in [0.717, 1.165) is 24.3 Å². The summed E-state index contributed by atoms with van der Waals surface area (Å²) in [6, 6.07) is 5.55. The number of hydrogen-bond donors (Lipinski definition) is 0. The molecular formula is C15H18N2O2S2. The zero-order valence-corrected chi connectivity index (χ0v) is 13.6. The Hall–Kier alpha value is -1.24. The van der Waals surface area contributed by atoms with E-state index in [0.29, 0.717) is 11.4 Å². The molecule has 0 radical (unpaired) electrons. The van der Waals surface area contributed by atoms with Crippen LogP contribution in [0.25, 0.3) is 0 Å². The SMILES string of the molecule is CN(Cc1nccs1)S(=O)(=O)c1ccc2c(c1)CCCC2. The summed E-state index contributed by atoms with van der Waals surface area (Å²) in [5.74, 6) is 0. The molecule has 0 saturated carbocycles. The minimum atomic E-state index is -3.45. The normalized spacial score (nSPS) is 15.1. The highest BCUT2D eigenvalue weighted by Crippen LogP contribution is 2.26. The van der Waals surface area contributed by atoms with Gasteiger partial charge in [0, 0.05) is 18.6 Å². The van der Waals surface area contributed by atoms with Crippen LogP contribution in [0, 0.1) is 0 Å². The van der Waals surface area contributed by atoms with Crippen LogP contribution in [0.15, 0.2) is 34.7 Å². The molecule has 4 nitrogen and oxygen atoms in total. The van der Waals surface area contributed by atoms with Gasteiger partial charge in [0.25, 0.3) is 0 Å². The van der Waals surface area contributed by atoms with E-state index in [-0.39, 0.29) is 0 Å². The minimum absolute atomic E-state index is 0.317. The van der Waals surface area contributed by atoms with E-state index in [4.69, 9.17) is 0 Å². The Balaban J connectivity index is 1.87. The summed E-state index contributed by atoms with van der Waals surface area (Å²) in [5.41, 5.74) is 2.48. The van der Waals surface area contributed by atoms with Crippen molar-refractivity contribution < 1.29 is 8.42 Å². The molecule has 1 heterocycles. The highest BCUT2D eigenvalue weighted by molar-refractivity contribution is 7.89. The van der Waals surface area contributed by atoms with Gasteiger partial charge in [-0.05, 0) is 48.9 Å². The Morgan fingerprint density at radius 2 is 2.00 bits per heavy atom. The summed E-state index contributed by atoms with van der Waals surface area (Å²) < 4.78 is 26.7. The number of benzene rings is 1. The van der Waals surface area contributed by atoms with Crippen molar-refractivity contribution in [1.82, 2.24) is 9.29 Å². The topological polar surface area (TPSA) is 50.3 Å². The van der Waals surface area contributed by atoms with Crippen molar-refractivity contribution in [2.75, 3.05) is 7.05 Å². The van der Waals surface area contributed by atoms with Gasteiger partial charge in [-0.3, -0.25) is 0 Å². The third-order valence-corrected chi connectivity index (χ3v) is 6.43. The van der Waals surface area contributed by atoms with Crippen LogP contribution in [0.3, 0.4) is 0 Å². The van der Waals surface area contributed by atoms with Crippen LogP contribution in [-0.4, -0.2) is 24.8 Å². The molecule has 112 valence electrons. The van der Waals surface area contributed by atoms with Gasteiger partial charge >= 0.3 is 0 Å². The lowest BCUT2D eigenvalue weighted by molar-refractivity contribution is 0.465. The number of hydrogen-bond acceptors (Lipinski definition) is 4. The van der Waals surface area contributed by atoms with Gasteiger partial charge < -0.3 is 0 Å². The van der Waals surface area contributed by atoms with Gasteiger partial charge in [-0.1, -0.05) is 6.07 Å². The Kier molecular flexibility index (Phi) is 4.10. The molecule has 0 N–H and O–H groups in total. The maximum Gasteiger partial charge on any atom is 0.243 e. The standard InChI is InChI=1S/C15H18N2O2S2/c1-17(11-15-16-8-9-20-15)21(18,19)14-7-6-12-4-2-3-5-13(12)10-14/h6-10H,2-5,11H2,1H3. The molecule has 0 spiro atoms. The molecule has 1 aliphatic rings. The second-order valence-electron chi connectivity index (χ2n) is 5.32. The highest BCUT2D eigenvalue weighted by Gasteiger charge is 2.23. The number of sulfonamides is 1. The number of aromatic nitrogens is 1. The monoisotopic (exact) mass is 322 g/mol. The van der Waals surface area contributed by atoms with E-state index in [1.165, 1.54) is 33.2 Å². The fourth-order valence-electron chi connectivity index (χ4n) is 2.66. The van der Waals surface area contributed by atoms with E-state index < -0.39 is 10.0 Å². The summed E-state index contributed by atoms with van der Waals surface area (Å²) in [4.78, 5) is 4.54. The first kappa shape index (κ1) is 14.7. The Morgan fingerprint density at radius 1 is 1.24 bits per heavy atom. The molecule has 6 heteroatoms. The Labute approximate surface area is 129 Å². The van der Waals surface area contributed by atoms with E-state index in [2.05, 4.69) is 4.98 Å². The van der Waals surface area contributed by atoms with Gasteiger partial charge in [0.1, 0.15) is 5.01 Å². The molecule has 0 aliphatic heterocycles. The lowest BCUT2D eigenvalue weighted by Gasteiger charge is -2.19. The zero-order chi connectivity index (χ0) is 14.9. The van der Waals surface area contributed by atoms with Crippen LogP contribution in [-0.2, 0) is 29.4 Å². The number of thiazole rings is 1.